The Morgan fingerprint density at radius 1 is 1.50 bits per heavy atom. The van der Waals surface area contributed by atoms with E-state index in [0.29, 0.717) is 0 Å². The predicted octanol–water partition coefficient (Wildman–Crippen LogP) is 1.22. The molecule has 1 unspecified atom stereocenters. The Morgan fingerprint density at radius 3 is 2.30 bits per heavy atom. The van der Waals surface area contributed by atoms with Gasteiger partial charge in [0.1, 0.15) is 6.61 Å². The number of ether oxygens (including phenoxy) is 1. The summed E-state index contributed by atoms with van der Waals surface area (Å²) in [5.41, 5.74) is 0.135. The molecule has 0 spiro atoms. The van der Waals surface area contributed by atoms with Crippen molar-refractivity contribution in [3.8, 4) is 0 Å². The number of quaternary nitrogens is 1. The number of likely N-dealkylation sites (N-methyl/N-ethyl adjacent to an activating group) is 1. The Balaban J connectivity index is 2.50. The molecule has 1 heterocycles. The summed E-state index contributed by atoms with van der Waals surface area (Å²) in [5.74, 6) is 0. The van der Waals surface area contributed by atoms with E-state index in [2.05, 4.69) is 27.9 Å². The second-order valence-electron chi connectivity index (χ2n) is 3.87. The number of rotatable bonds is 3. The first-order chi connectivity index (χ1) is 4.52. The van der Waals surface area contributed by atoms with Crippen LogP contribution in [0.4, 0.5) is 0 Å². The third-order valence-corrected chi connectivity index (χ3v) is 2.63. The van der Waals surface area contributed by atoms with Crippen molar-refractivity contribution < 1.29 is 9.22 Å². The van der Waals surface area contributed by atoms with Crippen LogP contribution in [0.3, 0.4) is 0 Å². The highest BCUT2D eigenvalue weighted by molar-refractivity contribution is 4.75. The molecule has 1 saturated heterocycles. The summed E-state index contributed by atoms with van der Waals surface area (Å²) in [5, 5.41) is 0. The van der Waals surface area contributed by atoms with Crippen LogP contribution in [0.2, 0.25) is 0 Å². The largest absolute Gasteiger partial charge is 0.316 e. The van der Waals surface area contributed by atoms with Crippen LogP contribution in [0.1, 0.15) is 20.3 Å². The summed E-state index contributed by atoms with van der Waals surface area (Å²) in [6.07, 6.45) is 1.23. The fourth-order valence-corrected chi connectivity index (χ4v) is 1.25. The second-order valence-corrected chi connectivity index (χ2v) is 3.87. The van der Waals surface area contributed by atoms with Gasteiger partial charge in [0.05, 0.1) is 20.6 Å². The van der Waals surface area contributed by atoms with Crippen LogP contribution >= 0.6 is 0 Å². The van der Waals surface area contributed by atoms with E-state index in [0.717, 1.165) is 11.1 Å². The van der Waals surface area contributed by atoms with Crippen molar-refractivity contribution in [1.29, 1.82) is 0 Å². The summed E-state index contributed by atoms with van der Waals surface area (Å²) in [4.78, 5) is 0. The fraction of sp³-hybridized carbons (Fsp3) is 1.00. The SMILES string of the molecule is CCC[N+](C)(C)C1(C)CO1. The molecule has 1 fully saturated rings. The Labute approximate surface area is 63.4 Å². The maximum absolute atomic E-state index is 5.39. The average molecular weight is 144 g/mol. The molecule has 10 heavy (non-hydrogen) atoms. The zero-order valence-electron chi connectivity index (χ0n) is 7.48. The molecule has 1 aliphatic heterocycles. The van der Waals surface area contributed by atoms with E-state index in [9.17, 15) is 0 Å². The first-order valence-corrected chi connectivity index (χ1v) is 3.99. The Morgan fingerprint density at radius 2 is 2.00 bits per heavy atom. The zero-order valence-corrected chi connectivity index (χ0v) is 7.48. The van der Waals surface area contributed by atoms with E-state index in [1.54, 1.807) is 0 Å². The molecule has 60 valence electrons. The van der Waals surface area contributed by atoms with Crippen LogP contribution in [0.25, 0.3) is 0 Å². The van der Waals surface area contributed by atoms with Crippen LogP contribution in [0, 0.1) is 0 Å². The van der Waals surface area contributed by atoms with Gasteiger partial charge in [-0.15, -0.1) is 0 Å². The number of hydrogen-bond donors (Lipinski definition) is 0. The molecule has 0 aromatic carbocycles. The van der Waals surface area contributed by atoms with Crippen molar-refractivity contribution in [3.63, 3.8) is 0 Å². The molecule has 1 aliphatic rings. The molecular formula is C8H18NO+. The topological polar surface area (TPSA) is 12.5 Å². The van der Waals surface area contributed by atoms with Gasteiger partial charge in [0.15, 0.2) is 0 Å². The molecule has 0 bridgehead atoms. The summed E-state index contributed by atoms with van der Waals surface area (Å²) in [7, 11) is 4.47. The molecule has 2 nitrogen and oxygen atoms in total. The zero-order chi connectivity index (χ0) is 7.83. The van der Waals surface area contributed by atoms with Crippen molar-refractivity contribution in [1.82, 2.24) is 0 Å². The maximum Gasteiger partial charge on any atom is 0.224 e. The van der Waals surface area contributed by atoms with Gasteiger partial charge in [0.2, 0.25) is 5.72 Å². The molecule has 0 amide bonds. The minimum Gasteiger partial charge on any atom is -0.316 e. The van der Waals surface area contributed by atoms with E-state index >= 15 is 0 Å². The fourth-order valence-electron chi connectivity index (χ4n) is 1.25. The molecule has 1 rings (SSSR count). The third-order valence-electron chi connectivity index (χ3n) is 2.63. The number of nitrogens with zero attached hydrogens (tertiary/aromatic N) is 1. The summed E-state index contributed by atoms with van der Waals surface area (Å²) in [6, 6.07) is 0. The van der Waals surface area contributed by atoms with Gasteiger partial charge in [0.25, 0.3) is 0 Å². The minimum absolute atomic E-state index is 0.135. The summed E-state index contributed by atoms with van der Waals surface area (Å²) < 4.78 is 6.39. The van der Waals surface area contributed by atoms with Crippen LogP contribution in [-0.2, 0) is 4.74 Å². The molecule has 0 saturated carbocycles. The standard InChI is InChI=1S/C8H18NO/c1-5-6-9(3,4)8(2)7-10-8/h5-7H2,1-4H3/q+1. The van der Waals surface area contributed by atoms with Crippen molar-refractivity contribution in [2.75, 3.05) is 27.2 Å². The van der Waals surface area contributed by atoms with Gasteiger partial charge in [0, 0.05) is 6.92 Å². The molecule has 0 N–H and O–H groups in total. The van der Waals surface area contributed by atoms with Crippen LogP contribution in [-0.4, -0.2) is 37.5 Å². The predicted molar refractivity (Wildman–Crippen MR) is 41.6 cm³/mol. The smallest absolute Gasteiger partial charge is 0.224 e. The lowest BCUT2D eigenvalue weighted by Gasteiger charge is -2.33. The van der Waals surface area contributed by atoms with E-state index in [-0.39, 0.29) is 5.72 Å². The normalized spacial score (nSPS) is 32.4. The van der Waals surface area contributed by atoms with E-state index in [1.807, 2.05) is 0 Å². The molecule has 2 heteroatoms. The van der Waals surface area contributed by atoms with Gasteiger partial charge >= 0.3 is 0 Å². The number of hydrogen-bond acceptors (Lipinski definition) is 1. The molecular weight excluding hydrogens is 126 g/mol. The Bertz CT molecular complexity index is 127. The van der Waals surface area contributed by atoms with Crippen molar-refractivity contribution >= 4 is 0 Å². The Hall–Kier alpha value is -0.0800. The van der Waals surface area contributed by atoms with Crippen LogP contribution in [0.15, 0.2) is 0 Å². The molecule has 0 aromatic rings. The third kappa shape index (κ3) is 1.18. The van der Waals surface area contributed by atoms with Crippen molar-refractivity contribution in [2.45, 2.75) is 26.0 Å². The Kier molecular flexibility index (Phi) is 1.77. The van der Waals surface area contributed by atoms with Gasteiger partial charge in [-0.2, -0.15) is 0 Å². The minimum atomic E-state index is 0.135. The van der Waals surface area contributed by atoms with Crippen molar-refractivity contribution in [3.05, 3.63) is 0 Å². The van der Waals surface area contributed by atoms with Gasteiger partial charge in [-0.25, -0.2) is 0 Å². The van der Waals surface area contributed by atoms with E-state index in [4.69, 9.17) is 4.74 Å². The highest BCUT2D eigenvalue weighted by atomic mass is 16.6. The highest BCUT2D eigenvalue weighted by Gasteiger charge is 2.53. The summed E-state index contributed by atoms with van der Waals surface area (Å²) >= 11 is 0. The highest BCUT2D eigenvalue weighted by Crippen LogP contribution is 2.34. The van der Waals surface area contributed by atoms with Gasteiger partial charge in [-0.05, 0) is 6.42 Å². The summed E-state index contributed by atoms with van der Waals surface area (Å²) in [6.45, 7) is 6.53. The number of epoxide rings is 1. The van der Waals surface area contributed by atoms with E-state index in [1.165, 1.54) is 13.0 Å². The maximum atomic E-state index is 5.39. The van der Waals surface area contributed by atoms with Crippen LogP contribution < -0.4 is 0 Å². The van der Waals surface area contributed by atoms with E-state index < -0.39 is 0 Å². The molecule has 0 aliphatic carbocycles. The molecule has 0 aromatic heterocycles. The lowest BCUT2D eigenvalue weighted by atomic mass is 10.2. The average Bonchev–Trinajstić information content (AvgIpc) is 2.49. The first-order valence-electron chi connectivity index (χ1n) is 3.99. The molecule has 0 radical (unpaired) electrons. The quantitative estimate of drug-likeness (QED) is 0.428. The first kappa shape index (κ1) is 8.02. The monoisotopic (exact) mass is 144 g/mol. The van der Waals surface area contributed by atoms with Gasteiger partial charge in [-0.3, -0.25) is 4.48 Å². The van der Waals surface area contributed by atoms with Gasteiger partial charge in [-0.1, -0.05) is 6.92 Å². The lowest BCUT2D eigenvalue weighted by Crippen LogP contribution is -2.50. The molecule has 1 atom stereocenters. The lowest BCUT2D eigenvalue weighted by molar-refractivity contribution is -0.935. The van der Waals surface area contributed by atoms with Crippen molar-refractivity contribution in [2.24, 2.45) is 0 Å². The van der Waals surface area contributed by atoms with Gasteiger partial charge < -0.3 is 4.74 Å². The second kappa shape index (κ2) is 2.21. The van der Waals surface area contributed by atoms with Crippen LogP contribution in [0.5, 0.6) is 0 Å².